The Hall–Kier alpha value is -12.4. The van der Waals surface area contributed by atoms with E-state index >= 15 is 4.79 Å². The lowest BCUT2D eigenvalue weighted by Crippen LogP contribution is -2.62. The molecule has 87 heavy (non-hydrogen) atoms. The number of aromatic carboxylic acids is 1. The van der Waals surface area contributed by atoms with Gasteiger partial charge in [-0.3, -0.25) is 0 Å². The van der Waals surface area contributed by atoms with E-state index in [0.717, 1.165) is 30.3 Å². The Morgan fingerprint density at radius 2 is 1.10 bits per heavy atom. The van der Waals surface area contributed by atoms with Gasteiger partial charge < -0.3 is 125 Å². The Labute approximate surface area is 479 Å². The van der Waals surface area contributed by atoms with E-state index in [1.165, 1.54) is 0 Å². The van der Waals surface area contributed by atoms with Gasteiger partial charge in [-0.15, -0.1) is 0 Å². The van der Waals surface area contributed by atoms with Gasteiger partial charge >= 0.3 is 41.0 Å². The quantitative estimate of drug-likeness (QED) is 0.0323. The Kier molecular flexibility index (Phi) is 13.3. The van der Waals surface area contributed by atoms with Gasteiger partial charge in [0.2, 0.25) is 11.5 Å². The largest absolute Gasteiger partial charge is 0.507 e. The van der Waals surface area contributed by atoms with E-state index in [1.807, 2.05) is 0 Å². The second-order valence-electron chi connectivity index (χ2n) is 19.2. The zero-order chi connectivity index (χ0) is 62.7. The van der Waals surface area contributed by atoms with Crippen LogP contribution in [0.1, 0.15) is 62.9 Å². The van der Waals surface area contributed by atoms with Gasteiger partial charge in [-0.1, -0.05) is 0 Å². The number of rotatable bonds is 8. The maximum Gasteiger partial charge on any atom is 0.407 e. The average molecular weight is 1210 g/mol. The van der Waals surface area contributed by atoms with E-state index in [4.69, 9.17) is 37.6 Å². The number of hydrogen-bond donors (Lipinski definition) is 18. The highest BCUT2D eigenvalue weighted by atomic mass is 16.7. The van der Waals surface area contributed by atoms with Gasteiger partial charge in [0.05, 0.1) is 39.4 Å². The standard InChI is InChI=1S/C56H36O31/c57-17-8-29-36-30(9-17)82-47-35(18(51(73)74)10-28(65)41(47)69)37(36)48(45(81-29)14-1-2-21(58)22(59)3-14)83-31-12-20-34(44(72)42(31)70)33-19(11-27(64)40(68)43(33)71)54(77)80-13-32-46(85-55(20)78)49(86-52(75)15-4-23(60)38(66)24(61)5-15)50(56(79)84-32)87-53(76)16-6-25(62)39(67)26(63)7-16/h1-12,32,46,49-50,56,79H,13H2,(H16-,57,58,59,60,61,62,63,64,65,66,67,68,69,70,71,72,73,74,75,76,77,78)/p+1/t32-,46-,49+,50-,56-/m1/s1. The molecule has 446 valence electrons. The number of phenolic OH excluding ortho intramolecular Hbond substituents is 16. The average Bonchev–Trinajstić information content (AvgIpc) is 0.945. The van der Waals surface area contributed by atoms with Crippen LogP contribution in [0.4, 0.5) is 0 Å². The molecule has 0 amide bonds. The summed E-state index contributed by atoms with van der Waals surface area (Å²) in [6.45, 7) is -1.26. The Bertz CT molecular complexity index is 4390. The van der Waals surface area contributed by atoms with Gasteiger partial charge in [-0.25, -0.2) is 28.4 Å². The number of ether oxygens (including phenoxy) is 7. The van der Waals surface area contributed by atoms with Crippen LogP contribution in [0, 0.1) is 0 Å². The first-order valence-corrected chi connectivity index (χ1v) is 24.5. The number of carbonyl (C=O) groups excluding carboxylic acids is 4. The molecule has 0 spiro atoms. The van der Waals surface area contributed by atoms with Gasteiger partial charge in [-0.2, -0.15) is 0 Å². The van der Waals surface area contributed by atoms with E-state index in [0.29, 0.717) is 42.5 Å². The summed E-state index contributed by atoms with van der Waals surface area (Å²) < 4.78 is 46.5. The van der Waals surface area contributed by atoms with Gasteiger partial charge in [-0.05, 0) is 54.6 Å². The molecule has 11 rings (SSSR count). The molecule has 4 heterocycles. The summed E-state index contributed by atoms with van der Waals surface area (Å²) in [5.74, 6) is -30.2. The third-order valence-corrected chi connectivity index (χ3v) is 13.8. The Morgan fingerprint density at radius 3 is 1.70 bits per heavy atom. The number of aliphatic hydroxyl groups is 1. The van der Waals surface area contributed by atoms with Gasteiger partial charge in [0.25, 0.3) is 5.75 Å². The van der Waals surface area contributed by atoms with E-state index in [-0.39, 0.29) is 10.9 Å². The number of aliphatic hydroxyl groups excluding tert-OH is 1. The molecular formula is C56H37O31+. The minimum absolute atomic E-state index is 0.305. The van der Waals surface area contributed by atoms with Crippen LogP contribution in [0.2, 0.25) is 0 Å². The Balaban J connectivity index is 1.15. The zero-order valence-corrected chi connectivity index (χ0v) is 42.9. The summed E-state index contributed by atoms with van der Waals surface area (Å²) in [5, 5.41) is 194. The van der Waals surface area contributed by atoms with Crippen LogP contribution < -0.4 is 9.47 Å². The van der Waals surface area contributed by atoms with Crippen molar-refractivity contribution in [2.24, 2.45) is 0 Å². The number of aromatic hydroxyl groups is 16. The maximum absolute atomic E-state index is 15.4. The summed E-state index contributed by atoms with van der Waals surface area (Å²) in [6.07, 6.45) is -12.3. The minimum Gasteiger partial charge on any atom is -0.507 e. The topological polar surface area (TPSA) is 525 Å². The van der Waals surface area contributed by atoms with Crippen molar-refractivity contribution >= 4 is 63.3 Å². The molecule has 7 aromatic carbocycles. The molecule has 0 aliphatic carbocycles. The molecule has 18 N–H and O–H groups in total. The van der Waals surface area contributed by atoms with Gasteiger partial charge in [0.15, 0.2) is 111 Å². The maximum atomic E-state index is 15.4. The highest BCUT2D eigenvalue weighted by molar-refractivity contribution is 6.18. The SMILES string of the molecule is O=C(O[C@@H]1[C@@H](OC(=O)c2cc(O)c(O)c(O)c2)[C@H](O)O[C@@H]2COC(=O)c3cc(O)c(O)c(O)c3-c3c(cc(OC4=C(c5ccc(O)c(O)c5)Oc5cc(O)cc6[o+]c7c(O)c(O)cc(C(=O)O)c7c4c56)c(O)c3O)C(=O)O[C@@H]12)c1cc(O)c(O)c(O)c1. The van der Waals surface area contributed by atoms with Crippen molar-refractivity contribution in [3.8, 4) is 115 Å². The van der Waals surface area contributed by atoms with Crippen LogP contribution in [0.25, 0.3) is 44.6 Å². The van der Waals surface area contributed by atoms with Crippen LogP contribution >= 0.6 is 0 Å². The number of benzene rings is 7. The van der Waals surface area contributed by atoms with E-state index in [2.05, 4.69) is 0 Å². The fraction of sp³-hybridized carbons (Fsp3) is 0.107. The summed E-state index contributed by atoms with van der Waals surface area (Å²) in [7, 11) is 0. The fourth-order valence-electron chi connectivity index (χ4n) is 9.79. The fourth-order valence-corrected chi connectivity index (χ4v) is 9.79. The molecule has 0 radical (unpaired) electrons. The van der Waals surface area contributed by atoms with Crippen molar-refractivity contribution in [1.29, 1.82) is 0 Å². The smallest absolute Gasteiger partial charge is 0.407 e. The van der Waals surface area contributed by atoms with Crippen molar-refractivity contribution in [1.82, 2.24) is 0 Å². The van der Waals surface area contributed by atoms with Crippen LogP contribution in [0.15, 0.2) is 77.2 Å². The molecule has 3 aliphatic rings. The first-order valence-electron chi connectivity index (χ1n) is 24.5. The molecule has 5 atom stereocenters. The number of cyclic esters (lactones) is 1. The van der Waals surface area contributed by atoms with E-state index in [1.54, 1.807) is 0 Å². The predicted octanol–water partition coefficient (Wildman–Crippen LogP) is 4.68. The molecule has 31 heteroatoms. The number of esters is 4. The molecule has 3 aliphatic heterocycles. The van der Waals surface area contributed by atoms with Crippen LogP contribution in [-0.4, -0.2) is 159 Å². The van der Waals surface area contributed by atoms with Crippen LogP contribution in [0.3, 0.4) is 0 Å². The molecule has 8 aromatic rings. The normalized spacial score (nSPS) is 18.0. The molecule has 1 saturated heterocycles. The summed E-state index contributed by atoms with van der Waals surface area (Å²) in [4.78, 5) is 70.7. The van der Waals surface area contributed by atoms with E-state index in [9.17, 15) is 111 Å². The number of fused-ring (bicyclic) bond motifs is 6. The third-order valence-electron chi connectivity index (χ3n) is 13.8. The van der Waals surface area contributed by atoms with Gasteiger partial charge in [0, 0.05) is 28.8 Å². The summed E-state index contributed by atoms with van der Waals surface area (Å²) in [6, 6.07) is 8.47. The highest BCUT2D eigenvalue weighted by Crippen LogP contribution is 2.57. The number of carbonyl (C=O) groups is 5. The molecule has 0 bridgehead atoms. The Morgan fingerprint density at radius 1 is 0.540 bits per heavy atom. The lowest BCUT2D eigenvalue weighted by atomic mass is 9.91. The molecule has 0 saturated carbocycles. The minimum atomic E-state index is -2.59. The first kappa shape index (κ1) is 56.5. The van der Waals surface area contributed by atoms with Crippen LogP contribution in [-0.2, 0) is 23.7 Å². The molecule has 1 aromatic heterocycles. The third kappa shape index (κ3) is 9.29. The van der Waals surface area contributed by atoms with Crippen molar-refractivity contribution in [3.05, 3.63) is 112 Å². The summed E-state index contributed by atoms with van der Waals surface area (Å²) >= 11 is 0. The highest BCUT2D eigenvalue weighted by Gasteiger charge is 2.54. The second-order valence-corrected chi connectivity index (χ2v) is 19.2. The predicted molar refractivity (Wildman–Crippen MR) is 280 cm³/mol. The number of carboxylic acids is 1. The second kappa shape index (κ2) is 20.5. The molecular weight excluding hydrogens is 1170 g/mol. The number of carboxylic acid groups (broad SMARTS) is 1. The number of phenols is 16. The van der Waals surface area contributed by atoms with Crippen molar-refractivity contribution in [3.63, 3.8) is 0 Å². The van der Waals surface area contributed by atoms with Crippen molar-refractivity contribution in [2.45, 2.75) is 30.7 Å². The van der Waals surface area contributed by atoms with Crippen molar-refractivity contribution in [2.75, 3.05) is 6.61 Å². The number of hydrogen-bond acceptors (Lipinski definition) is 29. The van der Waals surface area contributed by atoms with Crippen LogP contribution in [0.5, 0.6) is 103 Å². The van der Waals surface area contributed by atoms with Gasteiger partial charge in [0.1, 0.15) is 35.0 Å². The van der Waals surface area contributed by atoms with E-state index < -0.39 is 243 Å². The van der Waals surface area contributed by atoms with Crippen molar-refractivity contribution < 1.29 is 153 Å². The lowest BCUT2D eigenvalue weighted by Gasteiger charge is -2.42. The monoisotopic (exact) mass is 1210 g/mol. The zero-order valence-electron chi connectivity index (χ0n) is 42.9. The lowest BCUT2D eigenvalue weighted by molar-refractivity contribution is -0.284. The summed E-state index contributed by atoms with van der Waals surface area (Å²) in [5.41, 5.74) is -9.26. The molecule has 1 fully saturated rings. The molecule has 31 nitrogen and oxygen atoms in total. The molecule has 0 unspecified atom stereocenters. The first-order chi connectivity index (χ1) is 41.1.